The highest BCUT2D eigenvalue weighted by molar-refractivity contribution is 6.24. The van der Waals surface area contributed by atoms with Gasteiger partial charge in [0.2, 0.25) is 0 Å². The molecule has 0 saturated carbocycles. The van der Waals surface area contributed by atoms with Crippen LogP contribution in [0, 0.1) is 22.7 Å². The zero-order chi connectivity index (χ0) is 31.9. The number of para-hydroxylation sites is 3. The van der Waals surface area contributed by atoms with Crippen LogP contribution in [0.3, 0.4) is 0 Å². The maximum Gasteiger partial charge on any atom is 0.131 e. The van der Waals surface area contributed by atoms with E-state index >= 15 is 0 Å². The second kappa shape index (κ2) is 9.81. The van der Waals surface area contributed by atoms with Crippen molar-refractivity contribution in [3.05, 3.63) is 157 Å². The van der Waals surface area contributed by atoms with E-state index in [1.54, 1.807) is 18.2 Å². The molecule has 7 aromatic carbocycles. The average molecular weight is 609 g/mol. The molecule has 220 valence electrons. The standard InChI is InChI=1S/C44H24N4/c45-25-28-13-8-14-29(26-46)39(28)35-23-24-38(43-34-20-10-12-27-11-9-19-33(40(27)34)41(35)43)48-37-22-7-5-18-32(37)42-31-17-4-6-21-36(31)47(44(42)48)30-15-2-1-3-16-30/h1-24H. The van der Waals surface area contributed by atoms with Crippen LogP contribution in [-0.4, -0.2) is 9.13 Å². The third-order valence-corrected chi connectivity index (χ3v) is 9.93. The fourth-order valence-electron chi connectivity index (χ4n) is 8.11. The van der Waals surface area contributed by atoms with Crippen LogP contribution in [-0.2, 0) is 0 Å². The van der Waals surface area contributed by atoms with Gasteiger partial charge in [-0.15, -0.1) is 0 Å². The van der Waals surface area contributed by atoms with Crippen LogP contribution in [0.2, 0.25) is 0 Å². The summed E-state index contributed by atoms with van der Waals surface area (Å²) in [4.78, 5) is 0. The van der Waals surface area contributed by atoms with Gasteiger partial charge in [-0.25, -0.2) is 0 Å². The van der Waals surface area contributed by atoms with Gasteiger partial charge in [0.05, 0.1) is 40.0 Å². The molecule has 2 heterocycles. The topological polar surface area (TPSA) is 57.4 Å². The van der Waals surface area contributed by atoms with Crippen molar-refractivity contribution in [1.82, 2.24) is 9.13 Å². The van der Waals surface area contributed by atoms with Gasteiger partial charge in [0.25, 0.3) is 0 Å². The van der Waals surface area contributed by atoms with Crippen LogP contribution in [0.1, 0.15) is 11.1 Å². The molecular formula is C44H24N4. The van der Waals surface area contributed by atoms with E-state index in [-0.39, 0.29) is 0 Å². The molecule has 1 aliphatic rings. The molecule has 2 aromatic heterocycles. The highest BCUT2D eigenvalue weighted by Crippen LogP contribution is 2.55. The van der Waals surface area contributed by atoms with Gasteiger partial charge in [0.1, 0.15) is 5.65 Å². The van der Waals surface area contributed by atoms with E-state index in [0.29, 0.717) is 16.7 Å². The number of fused-ring (bicyclic) bond motifs is 8. The molecule has 0 fully saturated rings. The second-order valence-corrected chi connectivity index (χ2v) is 12.3. The van der Waals surface area contributed by atoms with E-state index < -0.39 is 0 Å². The van der Waals surface area contributed by atoms with Crippen molar-refractivity contribution in [1.29, 1.82) is 10.5 Å². The number of hydrogen-bond donors (Lipinski definition) is 0. The number of benzene rings is 7. The van der Waals surface area contributed by atoms with Crippen molar-refractivity contribution in [2.75, 3.05) is 0 Å². The summed E-state index contributed by atoms with van der Waals surface area (Å²) in [6.45, 7) is 0. The Morgan fingerprint density at radius 3 is 1.67 bits per heavy atom. The van der Waals surface area contributed by atoms with Crippen molar-refractivity contribution in [3.63, 3.8) is 0 Å². The number of nitriles is 2. The van der Waals surface area contributed by atoms with Gasteiger partial charge in [-0.1, -0.05) is 103 Å². The minimum absolute atomic E-state index is 0.491. The molecule has 10 rings (SSSR count). The Morgan fingerprint density at radius 1 is 0.417 bits per heavy atom. The lowest BCUT2D eigenvalue weighted by Crippen LogP contribution is -2.04. The van der Waals surface area contributed by atoms with Gasteiger partial charge < -0.3 is 0 Å². The lowest BCUT2D eigenvalue weighted by Gasteiger charge is -2.19. The first kappa shape index (κ1) is 26.3. The maximum absolute atomic E-state index is 10.3. The molecular weight excluding hydrogens is 585 g/mol. The molecule has 4 nitrogen and oxygen atoms in total. The van der Waals surface area contributed by atoms with E-state index in [2.05, 4.69) is 149 Å². The molecule has 0 aliphatic heterocycles. The van der Waals surface area contributed by atoms with Gasteiger partial charge >= 0.3 is 0 Å². The second-order valence-electron chi connectivity index (χ2n) is 12.3. The first-order valence-corrected chi connectivity index (χ1v) is 16.0. The normalized spacial score (nSPS) is 11.7. The van der Waals surface area contributed by atoms with Crippen molar-refractivity contribution in [2.45, 2.75) is 0 Å². The molecule has 0 bridgehead atoms. The third kappa shape index (κ3) is 3.36. The van der Waals surface area contributed by atoms with Crippen molar-refractivity contribution in [2.24, 2.45) is 0 Å². The fourth-order valence-corrected chi connectivity index (χ4v) is 8.11. The van der Waals surface area contributed by atoms with Crippen LogP contribution >= 0.6 is 0 Å². The largest absolute Gasteiger partial charge is 0.295 e. The number of rotatable bonds is 3. The first-order valence-electron chi connectivity index (χ1n) is 16.0. The molecule has 0 N–H and O–H groups in total. The van der Waals surface area contributed by atoms with Crippen molar-refractivity contribution in [3.8, 4) is 56.9 Å². The molecule has 0 radical (unpaired) electrons. The Morgan fingerprint density at radius 2 is 1.00 bits per heavy atom. The summed E-state index contributed by atoms with van der Waals surface area (Å²) in [6, 6.07) is 55.3. The Labute approximate surface area is 276 Å². The zero-order valence-electron chi connectivity index (χ0n) is 25.6. The molecule has 0 saturated heterocycles. The van der Waals surface area contributed by atoms with Crippen LogP contribution in [0.15, 0.2) is 146 Å². The Kier molecular flexibility index (Phi) is 5.38. The SMILES string of the molecule is N#Cc1cccc(C#N)c1-c1ccc(-n2c3ccccc3c3c4ccccc4n(-c4ccccc4)c32)c2c1-c1cccc3cccc-2c13. The third-order valence-electron chi connectivity index (χ3n) is 9.93. The summed E-state index contributed by atoms with van der Waals surface area (Å²) in [7, 11) is 0. The fraction of sp³-hybridized carbons (Fsp3) is 0. The van der Waals surface area contributed by atoms with E-state index in [1.165, 1.54) is 21.5 Å². The van der Waals surface area contributed by atoms with E-state index in [4.69, 9.17) is 0 Å². The van der Waals surface area contributed by atoms with Gasteiger partial charge in [0.15, 0.2) is 0 Å². The number of hydrogen-bond acceptors (Lipinski definition) is 2. The monoisotopic (exact) mass is 608 g/mol. The Balaban J connectivity index is 1.43. The highest BCUT2D eigenvalue weighted by atomic mass is 15.1. The lowest BCUT2D eigenvalue weighted by molar-refractivity contribution is 1.07. The summed E-state index contributed by atoms with van der Waals surface area (Å²) in [6.07, 6.45) is 0. The zero-order valence-corrected chi connectivity index (χ0v) is 25.6. The molecule has 9 aromatic rings. The van der Waals surface area contributed by atoms with Gasteiger partial charge in [-0.3, -0.25) is 9.13 Å². The van der Waals surface area contributed by atoms with Crippen molar-refractivity contribution < 1.29 is 0 Å². The summed E-state index contributed by atoms with van der Waals surface area (Å²) in [5, 5.41) is 26.5. The number of nitrogens with zero attached hydrogens (tertiary/aromatic N) is 4. The minimum atomic E-state index is 0.491. The smallest absolute Gasteiger partial charge is 0.131 e. The average Bonchev–Trinajstić information content (AvgIpc) is 3.79. The lowest BCUT2D eigenvalue weighted by atomic mass is 9.87. The van der Waals surface area contributed by atoms with Gasteiger partial charge in [-0.2, -0.15) is 10.5 Å². The van der Waals surface area contributed by atoms with E-state index in [0.717, 1.165) is 61.3 Å². The predicted molar refractivity (Wildman–Crippen MR) is 194 cm³/mol. The highest BCUT2D eigenvalue weighted by Gasteiger charge is 2.31. The Bertz CT molecular complexity index is 2870. The predicted octanol–water partition coefficient (Wildman–Crippen LogP) is 10.9. The van der Waals surface area contributed by atoms with E-state index in [1.807, 2.05) is 0 Å². The van der Waals surface area contributed by atoms with Crippen molar-refractivity contribution >= 4 is 43.6 Å². The summed E-state index contributed by atoms with van der Waals surface area (Å²) < 4.78 is 4.80. The summed E-state index contributed by atoms with van der Waals surface area (Å²) in [5.41, 5.74) is 12.5. The molecule has 0 spiro atoms. The molecule has 0 atom stereocenters. The van der Waals surface area contributed by atoms with Crippen LogP contribution in [0.5, 0.6) is 0 Å². The quantitative estimate of drug-likeness (QED) is 0.200. The molecule has 1 aliphatic carbocycles. The first-order chi connectivity index (χ1) is 23.8. The molecule has 4 heteroatoms. The molecule has 0 unspecified atom stereocenters. The Hall–Kier alpha value is -6.88. The van der Waals surface area contributed by atoms with Gasteiger partial charge in [-0.05, 0) is 69.9 Å². The minimum Gasteiger partial charge on any atom is -0.295 e. The summed E-state index contributed by atoms with van der Waals surface area (Å²) >= 11 is 0. The molecule has 0 amide bonds. The van der Waals surface area contributed by atoms with Crippen LogP contribution in [0.25, 0.3) is 88.4 Å². The van der Waals surface area contributed by atoms with Crippen LogP contribution < -0.4 is 0 Å². The van der Waals surface area contributed by atoms with Gasteiger partial charge in [0, 0.05) is 38.5 Å². The summed E-state index contributed by atoms with van der Waals surface area (Å²) in [5.74, 6) is 0. The molecule has 48 heavy (non-hydrogen) atoms. The van der Waals surface area contributed by atoms with Crippen LogP contribution in [0.4, 0.5) is 0 Å². The van der Waals surface area contributed by atoms with E-state index in [9.17, 15) is 10.5 Å². The number of aromatic nitrogens is 2. The maximum atomic E-state index is 10.3.